The van der Waals surface area contributed by atoms with Crippen LogP contribution in [0.3, 0.4) is 0 Å². The molecule has 0 radical (unpaired) electrons. The predicted molar refractivity (Wildman–Crippen MR) is 126 cm³/mol. The van der Waals surface area contributed by atoms with E-state index in [9.17, 15) is 4.79 Å². The molecule has 5 rings (SSSR count). The molecule has 0 spiro atoms. The topological polar surface area (TPSA) is 58.4 Å². The van der Waals surface area contributed by atoms with E-state index in [1.54, 1.807) is 0 Å². The summed E-state index contributed by atoms with van der Waals surface area (Å²) in [5.74, 6) is 0.129. The van der Waals surface area contributed by atoms with Crippen LogP contribution in [0.5, 0.6) is 0 Å². The van der Waals surface area contributed by atoms with E-state index in [0.717, 1.165) is 49.0 Å². The van der Waals surface area contributed by atoms with Gasteiger partial charge in [0.1, 0.15) is 5.52 Å². The molecule has 1 atom stereocenters. The van der Waals surface area contributed by atoms with E-state index in [2.05, 4.69) is 39.5 Å². The summed E-state index contributed by atoms with van der Waals surface area (Å²) in [4.78, 5) is 19.9. The Morgan fingerprint density at radius 2 is 1.59 bits per heavy atom. The van der Waals surface area contributed by atoms with Crippen LogP contribution in [0.15, 0.2) is 89.3 Å². The molecule has 0 aliphatic carbocycles. The van der Waals surface area contributed by atoms with Gasteiger partial charge in [-0.25, -0.2) is 0 Å². The number of carbonyl (C=O) groups is 1. The second kappa shape index (κ2) is 9.27. The lowest BCUT2D eigenvalue weighted by Crippen LogP contribution is -2.42. The number of fused-ring (bicyclic) bond motifs is 1. The third-order valence-electron chi connectivity index (χ3n) is 6.22. The summed E-state index contributed by atoms with van der Waals surface area (Å²) in [5.41, 5.74) is 4.02. The van der Waals surface area contributed by atoms with Crippen molar-refractivity contribution in [1.29, 1.82) is 0 Å². The number of hydrogen-bond donors (Lipinski definition) is 1. The van der Waals surface area contributed by atoms with Gasteiger partial charge in [-0.15, -0.1) is 0 Å². The van der Waals surface area contributed by atoms with Crippen LogP contribution in [-0.2, 0) is 11.2 Å². The molecule has 162 valence electrons. The van der Waals surface area contributed by atoms with Crippen LogP contribution in [-0.4, -0.2) is 24.0 Å². The quantitative estimate of drug-likeness (QED) is 0.464. The monoisotopic (exact) mass is 425 g/mol. The zero-order valence-electron chi connectivity index (χ0n) is 18.0. The maximum atomic E-state index is 13.2. The number of piperidine rings is 1. The van der Waals surface area contributed by atoms with Gasteiger partial charge < -0.3 is 14.6 Å². The summed E-state index contributed by atoms with van der Waals surface area (Å²) in [6.07, 6.45) is 2.35. The third kappa shape index (κ3) is 4.52. The van der Waals surface area contributed by atoms with Crippen molar-refractivity contribution in [2.45, 2.75) is 25.3 Å². The lowest BCUT2D eigenvalue weighted by Gasteiger charge is -2.31. The number of nitrogens with zero attached hydrogens (tertiary/aromatic N) is 2. The summed E-state index contributed by atoms with van der Waals surface area (Å²) >= 11 is 0. The van der Waals surface area contributed by atoms with Crippen molar-refractivity contribution in [2.24, 2.45) is 5.92 Å². The van der Waals surface area contributed by atoms with Crippen molar-refractivity contribution in [1.82, 2.24) is 10.3 Å². The predicted octanol–water partition coefficient (Wildman–Crippen LogP) is 5.14. The highest BCUT2D eigenvalue weighted by Gasteiger charge is 2.28. The molecular weight excluding hydrogens is 398 g/mol. The summed E-state index contributed by atoms with van der Waals surface area (Å²) in [7, 11) is 0. The first-order valence-electron chi connectivity index (χ1n) is 11.3. The lowest BCUT2D eigenvalue weighted by atomic mass is 9.93. The number of carbonyl (C=O) groups excluding carboxylic acids is 1. The van der Waals surface area contributed by atoms with E-state index in [1.807, 2.05) is 60.7 Å². The van der Waals surface area contributed by atoms with Crippen molar-refractivity contribution >= 4 is 23.0 Å². The minimum Gasteiger partial charge on any atom is -0.423 e. The standard InChI is InChI=1S/C27H27N3O2/c31-26(28-24(21-11-5-2-6-12-21)19-20-9-3-1-4-10-20)22-15-17-30(18-16-22)27-29-23-13-7-8-14-25(23)32-27/h1-14,22,24H,15-19H2,(H,28,31)/t24-/m1/s1. The molecule has 32 heavy (non-hydrogen) atoms. The molecule has 0 unspecified atom stereocenters. The molecular formula is C27H27N3O2. The van der Waals surface area contributed by atoms with E-state index in [1.165, 1.54) is 5.56 Å². The number of nitrogens with one attached hydrogen (secondary N) is 1. The number of para-hydroxylation sites is 2. The van der Waals surface area contributed by atoms with Gasteiger partial charge in [-0.1, -0.05) is 72.8 Å². The summed E-state index contributed by atoms with van der Waals surface area (Å²) in [5, 5.41) is 3.33. The second-order valence-corrected chi connectivity index (χ2v) is 8.39. The van der Waals surface area contributed by atoms with Gasteiger partial charge in [0.2, 0.25) is 5.91 Å². The maximum absolute atomic E-state index is 13.2. The van der Waals surface area contributed by atoms with Crippen LogP contribution in [0.2, 0.25) is 0 Å². The Balaban J connectivity index is 1.24. The fourth-order valence-corrected chi connectivity index (χ4v) is 4.41. The Labute approximate surface area is 188 Å². The fraction of sp³-hybridized carbons (Fsp3) is 0.259. The number of benzene rings is 3. The van der Waals surface area contributed by atoms with Gasteiger partial charge in [0.25, 0.3) is 6.01 Å². The Hall–Kier alpha value is -3.60. The fourth-order valence-electron chi connectivity index (χ4n) is 4.41. The van der Waals surface area contributed by atoms with Crippen LogP contribution in [0.25, 0.3) is 11.1 Å². The normalized spacial score (nSPS) is 15.6. The molecule has 1 aliphatic heterocycles. The van der Waals surface area contributed by atoms with Crippen LogP contribution in [0, 0.1) is 5.92 Å². The zero-order chi connectivity index (χ0) is 21.8. The Morgan fingerprint density at radius 3 is 2.31 bits per heavy atom. The van der Waals surface area contributed by atoms with Crippen molar-refractivity contribution in [3.05, 3.63) is 96.1 Å². The second-order valence-electron chi connectivity index (χ2n) is 8.39. The van der Waals surface area contributed by atoms with Crippen LogP contribution in [0.4, 0.5) is 6.01 Å². The van der Waals surface area contributed by atoms with Crippen LogP contribution < -0.4 is 10.2 Å². The van der Waals surface area contributed by atoms with E-state index in [-0.39, 0.29) is 17.9 Å². The number of rotatable bonds is 6. The van der Waals surface area contributed by atoms with Crippen molar-refractivity contribution in [3.8, 4) is 0 Å². The van der Waals surface area contributed by atoms with Gasteiger partial charge in [-0.2, -0.15) is 4.98 Å². The molecule has 1 amide bonds. The molecule has 1 aliphatic rings. The lowest BCUT2D eigenvalue weighted by molar-refractivity contribution is -0.126. The molecule has 2 heterocycles. The SMILES string of the molecule is O=C(N[C@H](Cc1ccccc1)c1ccccc1)C1CCN(c2nc3ccccc3o2)CC1. The molecule has 5 heteroatoms. The van der Waals surface area contributed by atoms with E-state index >= 15 is 0 Å². The average molecular weight is 426 g/mol. The molecule has 1 fully saturated rings. The molecule has 3 aromatic carbocycles. The third-order valence-corrected chi connectivity index (χ3v) is 6.22. The maximum Gasteiger partial charge on any atom is 0.298 e. The number of aromatic nitrogens is 1. The van der Waals surface area contributed by atoms with E-state index in [4.69, 9.17) is 4.42 Å². The summed E-state index contributed by atoms with van der Waals surface area (Å²) in [6, 6.07) is 29.0. The smallest absolute Gasteiger partial charge is 0.298 e. The molecule has 1 saturated heterocycles. The summed E-state index contributed by atoms with van der Waals surface area (Å²) in [6.45, 7) is 1.53. The highest BCUT2D eigenvalue weighted by atomic mass is 16.4. The molecule has 0 bridgehead atoms. The van der Waals surface area contributed by atoms with Gasteiger partial charge >= 0.3 is 0 Å². The Morgan fingerprint density at radius 1 is 0.938 bits per heavy atom. The van der Waals surface area contributed by atoms with Gasteiger partial charge in [0, 0.05) is 19.0 Å². The van der Waals surface area contributed by atoms with Crippen molar-refractivity contribution in [2.75, 3.05) is 18.0 Å². The molecule has 1 aromatic heterocycles. The highest BCUT2D eigenvalue weighted by molar-refractivity contribution is 5.79. The Kier molecular flexibility index (Phi) is 5.88. The average Bonchev–Trinajstić information content (AvgIpc) is 3.29. The van der Waals surface area contributed by atoms with E-state index < -0.39 is 0 Å². The number of oxazole rings is 1. The minimum atomic E-state index is -0.0406. The van der Waals surface area contributed by atoms with Gasteiger partial charge in [-0.3, -0.25) is 4.79 Å². The highest BCUT2D eigenvalue weighted by Crippen LogP contribution is 2.27. The zero-order valence-corrected chi connectivity index (χ0v) is 18.0. The first kappa shape index (κ1) is 20.3. The molecule has 0 saturated carbocycles. The number of hydrogen-bond acceptors (Lipinski definition) is 4. The number of anilines is 1. The number of amides is 1. The molecule has 1 N–H and O–H groups in total. The minimum absolute atomic E-state index is 0.00221. The first-order valence-corrected chi connectivity index (χ1v) is 11.3. The summed E-state index contributed by atoms with van der Waals surface area (Å²) < 4.78 is 5.91. The van der Waals surface area contributed by atoms with Crippen molar-refractivity contribution in [3.63, 3.8) is 0 Å². The van der Waals surface area contributed by atoms with Crippen LogP contribution >= 0.6 is 0 Å². The van der Waals surface area contributed by atoms with Gasteiger partial charge in [-0.05, 0) is 42.5 Å². The van der Waals surface area contributed by atoms with Crippen LogP contribution in [0.1, 0.15) is 30.0 Å². The largest absolute Gasteiger partial charge is 0.423 e. The first-order chi connectivity index (χ1) is 15.8. The van der Waals surface area contributed by atoms with Gasteiger partial charge in [0.15, 0.2) is 5.58 Å². The van der Waals surface area contributed by atoms with E-state index in [0.29, 0.717) is 6.01 Å². The molecule has 4 aromatic rings. The molecule has 5 nitrogen and oxygen atoms in total. The Bertz CT molecular complexity index is 1130. The van der Waals surface area contributed by atoms with Crippen molar-refractivity contribution < 1.29 is 9.21 Å². The van der Waals surface area contributed by atoms with Gasteiger partial charge in [0.05, 0.1) is 6.04 Å².